The minimum absolute atomic E-state index is 0.231. The SMILES string of the molecule is CC1CN(c2ccc(C#N)c(N)c2)CCCO1. The molecule has 0 aliphatic carbocycles. The predicted octanol–water partition coefficient (Wildman–Crippen LogP) is 1.76. The number of nitrogens with zero attached hydrogens (tertiary/aromatic N) is 2. The molecule has 2 N–H and O–H groups in total. The number of hydrogen-bond acceptors (Lipinski definition) is 4. The summed E-state index contributed by atoms with van der Waals surface area (Å²) in [7, 11) is 0. The molecule has 1 aliphatic heterocycles. The van der Waals surface area contributed by atoms with Crippen LogP contribution in [-0.2, 0) is 4.74 Å². The first-order valence-electron chi connectivity index (χ1n) is 5.87. The van der Waals surface area contributed by atoms with E-state index >= 15 is 0 Å². The molecule has 90 valence electrons. The Morgan fingerprint density at radius 2 is 2.35 bits per heavy atom. The highest BCUT2D eigenvalue weighted by Crippen LogP contribution is 2.22. The normalized spacial score (nSPS) is 20.7. The highest BCUT2D eigenvalue weighted by atomic mass is 16.5. The molecule has 0 saturated carbocycles. The molecule has 1 saturated heterocycles. The number of nitrogens with two attached hydrogens (primary N) is 1. The minimum Gasteiger partial charge on any atom is -0.398 e. The number of nitrogen functional groups attached to an aromatic ring is 1. The van der Waals surface area contributed by atoms with Crippen molar-refractivity contribution in [2.45, 2.75) is 19.4 Å². The van der Waals surface area contributed by atoms with Gasteiger partial charge in [-0.2, -0.15) is 5.26 Å². The van der Waals surface area contributed by atoms with Crippen molar-refractivity contribution in [3.8, 4) is 6.07 Å². The van der Waals surface area contributed by atoms with E-state index in [9.17, 15) is 0 Å². The Balaban J connectivity index is 2.21. The lowest BCUT2D eigenvalue weighted by atomic mass is 10.1. The van der Waals surface area contributed by atoms with Crippen LogP contribution in [0.3, 0.4) is 0 Å². The van der Waals surface area contributed by atoms with Crippen molar-refractivity contribution in [1.29, 1.82) is 5.26 Å². The van der Waals surface area contributed by atoms with Gasteiger partial charge in [0.2, 0.25) is 0 Å². The Morgan fingerprint density at radius 1 is 1.53 bits per heavy atom. The van der Waals surface area contributed by atoms with Crippen molar-refractivity contribution < 1.29 is 4.74 Å². The first-order chi connectivity index (χ1) is 8.20. The Morgan fingerprint density at radius 3 is 3.06 bits per heavy atom. The van der Waals surface area contributed by atoms with E-state index in [4.69, 9.17) is 15.7 Å². The Labute approximate surface area is 102 Å². The van der Waals surface area contributed by atoms with Gasteiger partial charge >= 0.3 is 0 Å². The fraction of sp³-hybridized carbons (Fsp3) is 0.462. The van der Waals surface area contributed by atoms with Crippen LogP contribution < -0.4 is 10.6 Å². The highest BCUT2D eigenvalue weighted by molar-refractivity contribution is 5.63. The van der Waals surface area contributed by atoms with Crippen LogP contribution >= 0.6 is 0 Å². The van der Waals surface area contributed by atoms with Gasteiger partial charge in [0.1, 0.15) is 6.07 Å². The van der Waals surface area contributed by atoms with Gasteiger partial charge in [0.05, 0.1) is 17.4 Å². The molecule has 0 spiro atoms. The smallest absolute Gasteiger partial charge is 0.101 e. The lowest BCUT2D eigenvalue weighted by Crippen LogP contribution is -2.30. The summed E-state index contributed by atoms with van der Waals surface area (Å²) in [5.74, 6) is 0. The molecule has 1 aromatic carbocycles. The van der Waals surface area contributed by atoms with E-state index in [0.29, 0.717) is 11.3 Å². The van der Waals surface area contributed by atoms with Gasteiger partial charge in [0.15, 0.2) is 0 Å². The van der Waals surface area contributed by atoms with E-state index in [1.54, 1.807) is 6.07 Å². The molecule has 4 nitrogen and oxygen atoms in total. The Hall–Kier alpha value is -1.73. The van der Waals surface area contributed by atoms with E-state index in [0.717, 1.165) is 31.8 Å². The van der Waals surface area contributed by atoms with Crippen LogP contribution in [0.25, 0.3) is 0 Å². The monoisotopic (exact) mass is 231 g/mol. The van der Waals surface area contributed by atoms with Crippen LogP contribution in [0, 0.1) is 11.3 Å². The summed E-state index contributed by atoms with van der Waals surface area (Å²) in [5, 5.41) is 8.84. The average molecular weight is 231 g/mol. The van der Waals surface area contributed by atoms with Crippen LogP contribution in [0.5, 0.6) is 0 Å². The molecule has 1 aliphatic rings. The fourth-order valence-electron chi connectivity index (χ4n) is 2.08. The molecule has 2 rings (SSSR count). The third-order valence-electron chi connectivity index (χ3n) is 2.97. The number of anilines is 2. The molecule has 1 heterocycles. The molecule has 0 bridgehead atoms. The predicted molar refractivity (Wildman–Crippen MR) is 67.8 cm³/mol. The Bertz CT molecular complexity index is 439. The molecule has 1 unspecified atom stereocenters. The van der Waals surface area contributed by atoms with Crippen molar-refractivity contribution in [1.82, 2.24) is 0 Å². The van der Waals surface area contributed by atoms with Crippen LogP contribution in [0.2, 0.25) is 0 Å². The van der Waals surface area contributed by atoms with Crippen molar-refractivity contribution in [2.75, 3.05) is 30.3 Å². The third kappa shape index (κ3) is 2.69. The van der Waals surface area contributed by atoms with Gasteiger partial charge in [-0.25, -0.2) is 0 Å². The molecule has 1 aromatic rings. The van der Waals surface area contributed by atoms with E-state index in [1.807, 2.05) is 12.1 Å². The van der Waals surface area contributed by atoms with E-state index in [-0.39, 0.29) is 6.10 Å². The summed E-state index contributed by atoms with van der Waals surface area (Å²) in [6, 6.07) is 7.68. The summed E-state index contributed by atoms with van der Waals surface area (Å²) in [5.41, 5.74) is 7.98. The van der Waals surface area contributed by atoms with Crippen LogP contribution in [-0.4, -0.2) is 25.8 Å². The van der Waals surface area contributed by atoms with Gasteiger partial charge in [-0.1, -0.05) is 0 Å². The maximum Gasteiger partial charge on any atom is 0.101 e. The van der Waals surface area contributed by atoms with Crippen molar-refractivity contribution in [2.24, 2.45) is 0 Å². The summed E-state index contributed by atoms with van der Waals surface area (Å²) >= 11 is 0. The molecule has 0 radical (unpaired) electrons. The number of nitriles is 1. The number of rotatable bonds is 1. The topological polar surface area (TPSA) is 62.3 Å². The molecule has 0 aromatic heterocycles. The van der Waals surface area contributed by atoms with Crippen molar-refractivity contribution in [3.05, 3.63) is 23.8 Å². The van der Waals surface area contributed by atoms with E-state index in [2.05, 4.69) is 17.9 Å². The van der Waals surface area contributed by atoms with E-state index < -0.39 is 0 Å². The number of ether oxygens (including phenoxy) is 1. The summed E-state index contributed by atoms with van der Waals surface area (Å²) in [6.07, 6.45) is 1.25. The van der Waals surface area contributed by atoms with Gasteiger partial charge in [-0.15, -0.1) is 0 Å². The van der Waals surface area contributed by atoms with Crippen LogP contribution in [0.15, 0.2) is 18.2 Å². The molecule has 0 amide bonds. The number of benzene rings is 1. The second kappa shape index (κ2) is 5.07. The molecular formula is C13H17N3O. The van der Waals surface area contributed by atoms with Gasteiger partial charge in [0, 0.05) is 25.4 Å². The minimum atomic E-state index is 0.231. The maximum atomic E-state index is 8.84. The third-order valence-corrected chi connectivity index (χ3v) is 2.97. The van der Waals surface area contributed by atoms with Gasteiger partial charge in [-0.3, -0.25) is 0 Å². The standard InChI is InChI=1S/C13H17N3O/c1-10-9-16(5-2-6-17-10)12-4-3-11(8-14)13(15)7-12/h3-4,7,10H,2,5-6,9,15H2,1H3. The zero-order valence-corrected chi connectivity index (χ0v) is 10.0. The molecule has 1 atom stereocenters. The zero-order valence-electron chi connectivity index (χ0n) is 10.0. The van der Waals surface area contributed by atoms with Gasteiger partial charge < -0.3 is 15.4 Å². The molecule has 17 heavy (non-hydrogen) atoms. The zero-order chi connectivity index (χ0) is 12.3. The second-order valence-electron chi connectivity index (χ2n) is 4.36. The lowest BCUT2D eigenvalue weighted by molar-refractivity contribution is 0.0821. The quantitative estimate of drug-likeness (QED) is 0.748. The van der Waals surface area contributed by atoms with Gasteiger partial charge in [0.25, 0.3) is 0 Å². The first-order valence-corrected chi connectivity index (χ1v) is 5.87. The van der Waals surface area contributed by atoms with Gasteiger partial charge in [-0.05, 0) is 31.5 Å². The maximum absolute atomic E-state index is 8.84. The summed E-state index contributed by atoms with van der Waals surface area (Å²) < 4.78 is 5.60. The van der Waals surface area contributed by atoms with E-state index in [1.165, 1.54) is 0 Å². The Kier molecular flexibility index (Phi) is 3.50. The lowest BCUT2D eigenvalue weighted by Gasteiger charge is -2.24. The fourth-order valence-corrected chi connectivity index (χ4v) is 2.08. The largest absolute Gasteiger partial charge is 0.398 e. The summed E-state index contributed by atoms with van der Waals surface area (Å²) in [6.45, 7) is 4.72. The van der Waals surface area contributed by atoms with Crippen molar-refractivity contribution >= 4 is 11.4 Å². The molecular weight excluding hydrogens is 214 g/mol. The van der Waals surface area contributed by atoms with Crippen LogP contribution in [0.1, 0.15) is 18.9 Å². The first kappa shape index (κ1) is 11.7. The second-order valence-corrected chi connectivity index (χ2v) is 4.36. The van der Waals surface area contributed by atoms with Crippen LogP contribution in [0.4, 0.5) is 11.4 Å². The number of hydrogen-bond donors (Lipinski definition) is 1. The molecule has 4 heteroatoms. The van der Waals surface area contributed by atoms with Crippen molar-refractivity contribution in [3.63, 3.8) is 0 Å². The molecule has 1 fully saturated rings. The summed E-state index contributed by atoms with van der Waals surface area (Å²) in [4.78, 5) is 2.26. The highest BCUT2D eigenvalue weighted by Gasteiger charge is 2.15. The average Bonchev–Trinajstić information content (AvgIpc) is 2.54.